The van der Waals surface area contributed by atoms with E-state index in [1.54, 1.807) is 7.11 Å². The van der Waals surface area contributed by atoms with Crippen molar-refractivity contribution in [1.29, 1.82) is 0 Å². The summed E-state index contributed by atoms with van der Waals surface area (Å²) in [6, 6.07) is 6.17. The molecule has 1 N–H and O–H groups in total. The summed E-state index contributed by atoms with van der Waals surface area (Å²) in [5.41, 5.74) is 0.999. The van der Waals surface area contributed by atoms with Gasteiger partial charge < -0.3 is 10.1 Å². The summed E-state index contributed by atoms with van der Waals surface area (Å²) in [6.07, 6.45) is 5.39. The van der Waals surface area contributed by atoms with Crippen LogP contribution in [0, 0.1) is 5.92 Å². The molecule has 3 heteroatoms. The van der Waals surface area contributed by atoms with E-state index in [2.05, 4.69) is 12.2 Å². The van der Waals surface area contributed by atoms with Crippen molar-refractivity contribution in [2.24, 2.45) is 5.92 Å². The maximum atomic E-state index is 6.02. The van der Waals surface area contributed by atoms with Crippen molar-refractivity contribution >= 4 is 17.3 Å². The SMILES string of the molecule is COc1ccc(Cl)cc1NC(C)C1CCCC1. The molecule has 0 radical (unpaired) electrons. The molecule has 1 aromatic rings. The summed E-state index contributed by atoms with van der Waals surface area (Å²) >= 11 is 6.02. The van der Waals surface area contributed by atoms with Crippen LogP contribution in [0.25, 0.3) is 0 Å². The molecular weight excluding hydrogens is 234 g/mol. The summed E-state index contributed by atoms with van der Waals surface area (Å²) in [5.74, 6) is 1.64. The van der Waals surface area contributed by atoms with Crippen LogP contribution in [-0.4, -0.2) is 13.2 Å². The number of nitrogens with one attached hydrogen (secondary N) is 1. The van der Waals surface area contributed by atoms with Crippen LogP contribution in [-0.2, 0) is 0 Å². The zero-order valence-corrected chi connectivity index (χ0v) is 11.3. The lowest BCUT2D eigenvalue weighted by Crippen LogP contribution is -2.24. The van der Waals surface area contributed by atoms with Gasteiger partial charge in [0.15, 0.2) is 0 Å². The monoisotopic (exact) mass is 253 g/mol. The molecule has 0 aromatic heterocycles. The zero-order valence-electron chi connectivity index (χ0n) is 10.5. The second-order valence-corrected chi connectivity index (χ2v) is 5.26. The van der Waals surface area contributed by atoms with Crippen LogP contribution in [0.2, 0.25) is 5.02 Å². The second-order valence-electron chi connectivity index (χ2n) is 4.82. The third-order valence-electron chi connectivity index (χ3n) is 3.65. The quantitative estimate of drug-likeness (QED) is 0.862. The normalized spacial score (nSPS) is 18.1. The molecule has 1 atom stereocenters. The predicted molar refractivity (Wildman–Crippen MR) is 73.0 cm³/mol. The van der Waals surface area contributed by atoms with E-state index in [9.17, 15) is 0 Å². The number of methoxy groups -OCH3 is 1. The van der Waals surface area contributed by atoms with Crippen LogP contribution < -0.4 is 10.1 Å². The van der Waals surface area contributed by atoms with Gasteiger partial charge in [-0.3, -0.25) is 0 Å². The minimum absolute atomic E-state index is 0.477. The fraction of sp³-hybridized carbons (Fsp3) is 0.571. The van der Waals surface area contributed by atoms with Gasteiger partial charge in [-0.15, -0.1) is 0 Å². The summed E-state index contributed by atoms with van der Waals surface area (Å²) in [4.78, 5) is 0. The average molecular weight is 254 g/mol. The molecule has 0 spiro atoms. The summed E-state index contributed by atoms with van der Waals surface area (Å²) in [7, 11) is 1.69. The Labute approximate surface area is 108 Å². The molecule has 1 unspecified atom stereocenters. The molecule has 1 aliphatic carbocycles. The fourth-order valence-electron chi connectivity index (χ4n) is 2.61. The van der Waals surface area contributed by atoms with Crippen molar-refractivity contribution in [3.05, 3.63) is 23.2 Å². The predicted octanol–water partition coefficient (Wildman–Crippen LogP) is 4.34. The third-order valence-corrected chi connectivity index (χ3v) is 3.89. The molecule has 0 amide bonds. The van der Waals surface area contributed by atoms with Gasteiger partial charge >= 0.3 is 0 Å². The highest BCUT2D eigenvalue weighted by Crippen LogP contribution is 2.33. The first kappa shape index (κ1) is 12.6. The first-order valence-corrected chi connectivity index (χ1v) is 6.68. The minimum atomic E-state index is 0.477. The highest BCUT2D eigenvalue weighted by Gasteiger charge is 2.22. The third kappa shape index (κ3) is 3.06. The Morgan fingerprint density at radius 3 is 2.71 bits per heavy atom. The van der Waals surface area contributed by atoms with E-state index in [1.165, 1.54) is 25.7 Å². The van der Waals surface area contributed by atoms with Crippen LogP contribution >= 0.6 is 11.6 Å². The maximum absolute atomic E-state index is 6.02. The first-order chi connectivity index (χ1) is 8.20. The lowest BCUT2D eigenvalue weighted by Gasteiger charge is -2.23. The molecule has 1 fully saturated rings. The smallest absolute Gasteiger partial charge is 0.142 e. The number of hydrogen-bond acceptors (Lipinski definition) is 2. The molecule has 17 heavy (non-hydrogen) atoms. The molecule has 0 heterocycles. The molecule has 94 valence electrons. The second kappa shape index (κ2) is 5.63. The Bertz CT molecular complexity index is 374. The topological polar surface area (TPSA) is 21.3 Å². The van der Waals surface area contributed by atoms with Crippen LogP contribution in [0.1, 0.15) is 32.6 Å². The van der Waals surface area contributed by atoms with Gasteiger partial charge in [-0.1, -0.05) is 24.4 Å². The van der Waals surface area contributed by atoms with Crippen molar-refractivity contribution in [2.45, 2.75) is 38.6 Å². The molecule has 0 saturated heterocycles. The molecule has 1 aliphatic rings. The van der Waals surface area contributed by atoms with Crippen LogP contribution in [0.4, 0.5) is 5.69 Å². The van der Waals surface area contributed by atoms with Crippen molar-refractivity contribution in [2.75, 3.05) is 12.4 Å². The lowest BCUT2D eigenvalue weighted by molar-refractivity contribution is 0.413. The molecule has 0 bridgehead atoms. The molecule has 1 saturated carbocycles. The summed E-state index contributed by atoms with van der Waals surface area (Å²) < 4.78 is 5.34. The van der Waals surface area contributed by atoms with E-state index in [1.807, 2.05) is 18.2 Å². The number of halogens is 1. The zero-order chi connectivity index (χ0) is 12.3. The van der Waals surface area contributed by atoms with Gasteiger partial charge in [0.05, 0.1) is 12.8 Å². The summed E-state index contributed by atoms with van der Waals surface area (Å²) in [6.45, 7) is 2.25. The Balaban J connectivity index is 2.08. The Morgan fingerprint density at radius 2 is 2.06 bits per heavy atom. The van der Waals surface area contributed by atoms with Crippen LogP contribution in [0.3, 0.4) is 0 Å². The largest absolute Gasteiger partial charge is 0.495 e. The van der Waals surface area contributed by atoms with E-state index in [0.717, 1.165) is 22.4 Å². The van der Waals surface area contributed by atoms with Crippen molar-refractivity contribution in [3.63, 3.8) is 0 Å². The highest BCUT2D eigenvalue weighted by molar-refractivity contribution is 6.30. The van der Waals surface area contributed by atoms with Crippen molar-refractivity contribution in [1.82, 2.24) is 0 Å². The number of rotatable bonds is 4. The molecule has 1 aromatic carbocycles. The molecule has 2 nitrogen and oxygen atoms in total. The number of benzene rings is 1. The van der Waals surface area contributed by atoms with Gasteiger partial charge in [0.25, 0.3) is 0 Å². The average Bonchev–Trinajstić information content (AvgIpc) is 2.83. The summed E-state index contributed by atoms with van der Waals surface area (Å²) in [5, 5.41) is 4.28. The molecule has 0 aliphatic heterocycles. The van der Waals surface area contributed by atoms with E-state index >= 15 is 0 Å². The van der Waals surface area contributed by atoms with Crippen LogP contribution in [0.15, 0.2) is 18.2 Å². The van der Waals surface area contributed by atoms with Gasteiger partial charge in [0, 0.05) is 11.1 Å². The van der Waals surface area contributed by atoms with E-state index in [0.29, 0.717) is 6.04 Å². The van der Waals surface area contributed by atoms with Gasteiger partial charge in [-0.2, -0.15) is 0 Å². The van der Waals surface area contributed by atoms with E-state index < -0.39 is 0 Å². The van der Waals surface area contributed by atoms with Crippen molar-refractivity contribution < 1.29 is 4.74 Å². The van der Waals surface area contributed by atoms with Crippen molar-refractivity contribution in [3.8, 4) is 5.75 Å². The number of hydrogen-bond donors (Lipinski definition) is 1. The van der Waals surface area contributed by atoms with Gasteiger partial charge in [0.2, 0.25) is 0 Å². The molecular formula is C14H20ClNO. The number of anilines is 1. The molecule has 2 rings (SSSR count). The number of ether oxygens (including phenoxy) is 1. The van der Waals surface area contributed by atoms with Crippen LogP contribution in [0.5, 0.6) is 5.75 Å². The maximum Gasteiger partial charge on any atom is 0.142 e. The Morgan fingerprint density at radius 1 is 1.35 bits per heavy atom. The first-order valence-electron chi connectivity index (χ1n) is 6.31. The fourth-order valence-corrected chi connectivity index (χ4v) is 2.79. The standard InChI is InChI=1S/C14H20ClNO/c1-10(11-5-3-4-6-11)16-13-9-12(15)7-8-14(13)17-2/h7-11,16H,3-6H2,1-2H3. The highest BCUT2D eigenvalue weighted by atomic mass is 35.5. The van der Waals surface area contributed by atoms with Gasteiger partial charge in [-0.05, 0) is 43.9 Å². The van der Waals surface area contributed by atoms with Gasteiger partial charge in [-0.25, -0.2) is 0 Å². The minimum Gasteiger partial charge on any atom is -0.495 e. The Hall–Kier alpha value is -0.890. The Kier molecular flexibility index (Phi) is 4.16. The van der Waals surface area contributed by atoms with E-state index in [4.69, 9.17) is 16.3 Å². The van der Waals surface area contributed by atoms with Gasteiger partial charge in [0.1, 0.15) is 5.75 Å². The van der Waals surface area contributed by atoms with E-state index in [-0.39, 0.29) is 0 Å². The lowest BCUT2D eigenvalue weighted by atomic mass is 9.99.